The largest absolute Gasteiger partial charge is 0.493 e. The molecule has 66 valence electrons. The van der Waals surface area contributed by atoms with Crippen LogP contribution in [0.25, 0.3) is 0 Å². The molecule has 0 N–H and O–H groups in total. The molecule has 0 aromatic rings. The molecule has 0 aliphatic carbocycles. The van der Waals surface area contributed by atoms with Gasteiger partial charge in [-0.3, -0.25) is 0 Å². The maximum absolute atomic E-state index is 5.49. The lowest BCUT2D eigenvalue weighted by molar-refractivity contribution is 0.248. The van der Waals surface area contributed by atoms with Crippen molar-refractivity contribution in [2.24, 2.45) is 5.92 Å². The lowest BCUT2D eigenvalue weighted by Crippen LogP contribution is -1.98. The highest BCUT2D eigenvalue weighted by Crippen LogP contribution is 2.28. The van der Waals surface area contributed by atoms with Crippen LogP contribution in [0.2, 0.25) is 0 Å². The van der Waals surface area contributed by atoms with E-state index in [9.17, 15) is 0 Å². The van der Waals surface area contributed by atoms with E-state index < -0.39 is 0 Å². The molecule has 0 aromatic carbocycles. The normalized spacial score (nSPS) is 16.6. The summed E-state index contributed by atoms with van der Waals surface area (Å²) in [6.45, 7) is 12.8. The van der Waals surface area contributed by atoms with Crippen molar-refractivity contribution < 1.29 is 4.74 Å². The van der Waals surface area contributed by atoms with Crippen molar-refractivity contribution in [2.75, 3.05) is 6.61 Å². The van der Waals surface area contributed by atoms with Crippen molar-refractivity contribution in [3.63, 3.8) is 0 Å². The van der Waals surface area contributed by atoms with Crippen LogP contribution in [0.15, 0.2) is 36.1 Å². The Hall–Kier alpha value is -0.980. The summed E-state index contributed by atoms with van der Waals surface area (Å²) in [5.41, 5.74) is 2.29. The monoisotopic (exact) mass is 164 g/mol. The summed E-state index contributed by atoms with van der Waals surface area (Å²) < 4.78 is 5.49. The molecule has 0 amide bonds. The first-order valence-electron chi connectivity index (χ1n) is 4.34. The summed E-state index contributed by atoms with van der Waals surface area (Å²) in [5, 5.41) is 0. The average Bonchev–Trinajstić information content (AvgIpc) is 2.49. The van der Waals surface area contributed by atoms with E-state index in [0.29, 0.717) is 5.92 Å². The Kier molecular flexibility index (Phi) is 2.74. The molecule has 0 spiro atoms. The van der Waals surface area contributed by atoms with Gasteiger partial charge in [-0.2, -0.15) is 0 Å². The highest BCUT2D eigenvalue weighted by Gasteiger charge is 2.17. The smallest absolute Gasteiger partial charge is 0.125 e. The summed E-state index contributed by atoms with van der Waals surface area (Å²) >= 11 is 0. The zero-order chi connectivity index (χ0) is 9.14. The number of ether oxygens (including phenoxy) is 1. The highest BCUT2D eigenvalue weighted by atomic mass is 16.5. The standard InChI is InChI=1S/C11H16O/c1-5-10-6-7-12-11(10)9(4)8(2)3/h5,8H,1,4,6-7H2,2-3H3. The van der Waals surface area contributed by atoms with Crippen molar-refractivity contribution in [1.29, 1.82) is 0 Å². The summed E-state index contributed by atoms with van der Waals surface area (Å²) in [6.07, 6.45) is 2.85. The van der Waals surface area contributed by atoms with Crippen LogP contribution in [-0.4, -0.2) is 6.61 Å². The second-order valence-electron chi connectivity index (χ2n) is 3.34. The van der Waals surface area contributed by atoms with Crippen LogP contribution >= 0.6 is 0 Å². The molecule has 12 heavy (non-hydrogen) atoms. The molecule has 1 heteroatoms. The fourth-order valence-electron chi connectivity index (χ4n) is 1.23. The zero-order valence-corrected chi connectivity index (χ0v) is 7.89. The minimum atomic E-state index is 0.452. The maximum atomic E-state index is 5.49. The minimum absolute atomic E-state index is 0.452. The molecule has 1 aliphatic heterocycles. The van der Waals surface area contributed by atoms with Gasteiger partial charge in [-0.25, -0.2) is 0 Å². The van der Waals surface area contributed by atoms with Gasteiger partial charge in [0.05, 0.1) is 6.61 Å². The fourth-order valence-corrected chi connectivity index (χ4v) is 1.23. The molecule has 0 aromatic heterocycles. The third-order valence-corrected chi connectivity index (χ3v) is 2.14. The summed E-state index contributed by atoms with van der Waals surface area (Å²) in [7, 11) is 0. The first-order valence-corrected chi connectivity index (χ1v) is 4.34. The Bertz CT molecular complexity index is 233. The summed E-state index contributed by atoms with van der Waals surface area (Å²) in [6, 6.07) is 0. The fraction of sp³-hybridized carbons (Fsp3) is 0.455. The van der Waals surface area contributed by atoms with E-state index in [1.54, 1.807) is 0 Å². The van der Waals surface area contributed by atoms with E-state index in [1.165, 1.54) is 5.57 Å². The molecule has 0 fully saturated rings. The quantitative estimate of drug-likeness (QED) is 0.623. The van der Waals surface area contributed by atoms with Gasteiger partial charge in [0.15, 0.2) is 0 Å². The van der Waals surface area contributed by atoms with Gasteiger partial charge in [-0.05, 0) is 17.1 Å². The Morgan fingerprint density at radius 1 is 1.58 bits per heavy atom. The second-order valence-corrected chi connectivity index (χ2v) is 3.34. The lowest BCUT2D eigenvalue weighted by Gasteiger charge is -2.11. The average molecular weight is 164 g/mol. The van der Waals surface area contributed by atoms with Crippen molar-refractivity contribution in [3.8, 4) is 0 Å². The van der Waals surface area contributed by atoms with Gasteiger partial charge in [0.1, 0.15) is 5.76 Å². The summed E-state index contributed by atoms with van der Waals surface area (Å²) in [4.78, 5) is 0. The van der Waals surface area contributed by atoms with E-state index in [4.69, 9.17) is 4.74 Å². The van der Waals surface area contributed by atoms with Crippen molar-refractivity contribution >= 4 is 0 Å². The van der Waals surface area contributed by atoms with Crippen LogP contribution in [-0.2, 0) is 4.74 Å². The van der Waals surface area contributed by atoms with Crippen LogP contribution < -0.4 is 0 Å². The van der Waals surface area contributed by atoms with E-state index in [1.807, 2.05) is 6.08 Å². The molecule has 0 saturated carbocycles. The van der Waals surface area contributed by atoms with Crippen LogP contribution in [0.4, 0.5) is 0 Å². The van der Waals surface area contributed by atoms with Crippen molar-refractivity contribution in [1.82, 2.24) is 0 Å². The van der Waals surface area contributed by atoms with E-state index in [0.717, 1.165) is 24.4 Å². The third kappa shape index (κ3) is 1.60. The molecule has 1 heterocycles. The molecule has 0 unspecified atom stereocenters. The van der Waals surface area contributed by atoms with Crippen LogP contribution in [0, 0.1) is 5.92 Å². The van der Waals surface area contributed by atoms with Crippen LogP contribution in [0.1, 0.15) is 20.3 Å². The number of hydrogen-bond acceptors (Lipinski definition) is 1. The van der Waals surface area contributed by atoms with Crippen LogP contribution in [0.5, 0.6) is 0 Å². The molecule has 1 nitrogen and oxygen atoms in total. The summed E-state index contributed by atoms with van der Waals surface area (Å²) in [5.74, 6) is 1.42. The second kappa shape index (κ2) is 3.61. The van der Waals surface area contributed by atoms with Crippen molar-refractivity contribution in [3.05, 3.63) is 36.1 Å². The first-order chi connectivity index (χ1) is 5.66. The Labute approximate surface area is 74.4 Å². The molecular formula is C11H16O. The Morgan fingerprint density at radius 3 is 2.75 bits per heavy atom. The molecular weight excluding hydrogens is 148 g/mol. The van der Waals surface area contributed by atoms with Gasteiger partial charge in [0.25, 0.3) is 0 Å². The van der Waals surface area contributed by atoms with Gasteiger partial charge in [0.2, 0.25) is 0 Å². The maximum Gasteiger partial charge on any atom is 0.125 e. The molecule has 0 atom stereocenters. The molecule has 0 bridgehead atoms. The first kappa shape index (κ1) is 9.11. The number of hydrogen-bond donors (Lipinski definition) is 0. The van der Waals surface area contributed by atoms with E-state index in [2.05, 4.69) is 27.0 Å². The van der Waals surface area contributed by atoms with Crippen LogP contribution in [0.3, 0.4) is 0 Å². The van der Waals surface area contributed by atoms with Gasteiger partial charge >= 0.3 is 0 Å². The van der Waals surface area contributed by atoms with Gasteiger partial charge < -0.3 is 4.74 Å². The Morgan fingerprint density at radius 2 is 2.25 bits per heavy atom. The molecule has 1 aliphatic rings. The molecule has 0 saturated heterocycles. The van der Waals surface area contributed by atoms with Gasteiger partial charge in [-0.15, -0.1) is 0 Å². The van der Waals surface area contributed by atoms with E-state index >= 15 is 0 Å². The number of rotatable bonds is 3. The Balaban J connectivity index is 2.85. The SMILES string of the molecule is C=CC1=C(C(=C)C(C)C)OCC1. The number of allylic oxidation sites excluding steroid dienone is 2. The van der Waals surface area contributed by atoms with Crippen molar-refractivity contribution in [2.45, 2.75) is 20.3 Å². The minimum Gasteiger partial charge on any atom is -0.493 e. The topological polar surface area (TPSA) is 9.23 Å². The zero-order valence-electron chi connectivity index (χ0n) is 7.89. The van der Waals surface area contributed by atoms with Gasteiger partial charge in [-0.1, -0.05) is 33.1 Å². The highest BCUT2D eigenvalue weighted by molar-refractivity contribution is 5.36. The molecule has 1 rings (SSSR count). The molecule has 0 radical (unpaired) electrons. The van der Waals surface area contributed by atoms with Gasteiger partial charge in [0, 0.05) is 6.42 Å². The lowest BCUT2D eigenvalue weighted by atomic mass is 10.0. The predicted octanol–water partition coefficient (Wildman–Crippen LogP) is 3.06. The predicted molar refractivity (Wildman–Crippen MR) is 51.8 cm³/mol. The third-order valence-electron chi connectivity index (χ3n) is 2.14. The van der Waals surface area contributed by atoms with E-state index in [-0.39, 0.29) is 0 Å².